The predicted octanol–water partition coefficient (Wildman–Crippen LogP) is 3.00. The maximum atomic E-state index is 5.65. The van der Waals surface area contributed by atoms with E-state index in [0.29, 0.717) is 12.1 Å². The quantitative estimate of drug-likeness (QED) is 0.871. The topological polar surface area (TPSA) is 21.3 Å². The van der Waals surface area contributed by atoms with Crippen LogP contribution in [0, 0.1) is 5.92 Å². The Morgan fingerprint density at radius 1 is 1.35 bits per heavy atom. The van der Waals surface area contributed by atoms with Crippen LogP contribution in [0.15, 0.2) is 28.7 Å². The molecular weight excluding hydrogens is 278 g/mol. The molecule has 1 fully saturated rings. The van der Waals surface area contributed by atoms with Crippen molar-refractivity contribution in [3.05, 3.63) is 34.3 Å². The Bertz CT molecular complexity index is 348. The lowest BCUT2D eigenvalue weighted by molar-refractivity contribution is 0.0534. The zero-order valence-corrected chi connectivity index (χ0v) is 12.0. The summed E-state index contributed by atoms with van der Waals surface area (Å²) in [6.07, 6.45) is 4.01. The SMILES string of the molecule is CNC(Cc1ccc(Br)cc1)C(OC)C1CC1. The molecule has 0 spiro atoms. The first-order valence-electron chi connectivity index (χ1n) is 6.19. The van der Waals surface area contributed by atoms with Crippen molar-refractivity contribution in [3.8, 4) is 0 Å². The maximum Gasteiger partial charge on any atom is 0.0755 e. The standard InChI is InChI=1S/C14H20BrNO/c1-16-13(14(17-2)11-5-6-11)9-10-3-7-12(15)8-4-10/h3-4,7-8,11,13-14,16H,5-6,9H2,1-2H3. The van der Waals surface area contributed by atoms with Gasteiger partial charge in [-0.15, -0.1) is 0 Å². The fourth-order valence-electron chi connectivity index (χ4n) is 2.37. The van der Waals surface area contributed by atoms with E-state index in [-0.39, 0.29) is 0 Å². The van der Waals surface area contributed by atoms with E-state index in [2.05, 4.69) is 45.5 Å². The van der Waals surface area contributed by atoms with Gasteiger partial charge >= 0.3 is 0 Å². The number of halogens is 1. The average molecular weight is 298 g/mol. The largest absolute Gasteiger partial charge is 0.380 e. The van der Waals surface area contributed by atoms with E-state index in [1.807, 2.05) is 14.2 Å². The van der Waals surface area contributed by atoms with Crippen LogP contribution in [0.25, 0.3) is 0 Å². The number of likely N-dealkylation sites (N-methyl/N-ethyl adjacent to an activating group) is 1. The number of benzene rings is 1. The van der Waals surface area contributed by atoms with Gasteiger partial charge in [0.1, 0.15) is 0 Å². The van der Waals surface area contributed by atoms with Crippen LogP contribution in [0.5, 0.6) is 0 Å². The Morgan fingerprint density at radius 2 is 2.00 bits per heavy atom. The smallest absolute Gasteiger partial charge is 0.0755 e. The van der Waals surface area contributed by atoms with Crippen molar-refractivity contribution in [1.29, 1.82) is 0 Å². The molecule has 94 valence electrons. The Morgan fingerprint density at radius 3 is 2.47 bits per heavy atom. The van der Waals surface area contributed by atoms with E-state index in [1.165, 1.54) is 18.4 Å². The van der Waals surface area contributed by atoms with Crippen molar-refractivity contribution in [2.45, 2.75) is 31.4 Å². The second kappa shape index (κ2) is 5.98. The minimum Gasteiger partial charge on any atom is -0.380 e. The molecule has 1 N–H and O–H groups in total. The van der Waals surface area contributed by atoms with E-state index < -0.39 is 0 Å². The van der Waals surface area contributed by atoms with Gasteiger partial charge in [0.05, 0.1) is 6.10 Å². The third-order valence-electron chi connectivity index (χ3n) is 3.50. The molecule has 1 saturated carbocycles. The van der Waals surface area contributed by atoms with E-state index in [1.54, 1.807) is 0 Å². The summed E-state index contributed by atoms with van der Waals surface area (Å²) in [5.41, 5.74) is 1.36. The third-order valence-corrected chi connectivity index (χ3v) is 4.02. The highest BCUT2D eigenvalue weighted by Crippen LogP contribution is 2.36. The number of hydrogen-bond donors (Lipinski definition) is 1. The number of rotatable bonds is 6. The summed E-state index contributed by atoms with van der Waals surface area (Å²) in [5.74, 6) is 0.757. The Labute approximate surface area is 112 Å². The predicted molar refractivity (Wildman–Crippen MR) is 74.2 cm³/mol. The van der Waals surface area contributed by atoms with E-state index >= 15 is 0 Å². The lowest BCUT2D eigenvalue weighted by Crippen LogP contribution is -2.41. The highest BCUT2D eigenvalue weighted by Gasteiger charge is 2.36. The van der Waals surface area contributed by atoms with Crippen molar-refractivity contribution in [1.82, 2.24) is 5.32 Å². The minimum atomic E-state index is 0.351. The van der Waals surface area contributed by atoms with Gasteiger partial charge in [-0.05, 0) is 49.9 Å². The number of hydrogen-bond acceptors (Lipinski definition) is 2. The van der Waals surface area contributed by atoms with Gasteiger partial charge in [-0.25, -0.2) is 0 Å². The normalized spacial score (nSPS) is 19.0. The van der Waals surface area contributed by atoms with Crippen LogP contribution < -0.4 is 5.32 Å². The lowest BCUT2D eigenvalue weighted by Gasteiger charge is -2.25. The lowest BCUT2D eigenvalue weighted by atomic mass is 9.98. The van der Waals surface area contributed by atoms with Crippen LogP contribution in [0.1, 0.15) is 18.4 Å². The summed E-state index contributed by atoms with van der Waals surface area (Å²) in [4.78, 5) is 0. The van der Waals surface area contributed by atoms with Crippen LogP contribution >= 0.6 is 15.9 Å². The molecule has 0 heterocycles. The molecule has 2 atom stereocenters. The molecule has 1 aromatic rings. The van der Waals surface area contributed by atoms with Crippen LogP contribution in [-0.4, -0.2) is 26.3 Å². The van der Waals surface area contributed by atoms with Gasteiger partial charge in [0.25, 0.3) is 0 Å². The third kappa shape index (κ3) is 3.54. The van der Waals surface area contributed by atoms with Gasteiger partial charge in [-0.2, -0.15) is 0 Å². The molecule has 2 unspecified atom stereocenters. The second-order valence-corrected chi connectivity index (χ2v) is 5.68. The van der Waals surface area contributed by atoms with Crippen LogP contribution in [0.2, 0.25) is 0 Å². The molecular formula is C14H20BrNO. The van der Waals surface area contributed by atoms with Crippen molar-refractivity contribution < 1.29 is 4.74 Å². The number of nitrogens with one attached hydrogen (secondary N) is 1. The molecule has 17 heavy (non-hydrogen) atoms. The van der Waals surface area contributed by atoms with E-state index in [0.717, 1.165) is 16.8 Å². The summed E-state index contributed by atoms with van der Waals surface area (Å²) in [7, 11) is 3.85. The highest BCUT2D eigenvalue weighted by molar-refractivity contribution is 9.10. The molecule has 1 aliphatic rings. The molecule has 0 aliphatic heterocycles. The summed E-state index contributed by atoms with van der Waals surface area (Å²) in [6, 6.07) is 8.96. The van der Waals surface area contributed by atoms with Crippen LogP contribution in [0.3, 0.4) is 0 Å². The first-order valence-corrected chi connectivity index (χ1v) is 6.98. The van der Waals surface area contributed by atoms with Crippen molar-refractivity contribution >= 4 is 15.9 Å². The molecule has 0 bridgehead atoms. The maximum absolute atomic E-state index is 5.65. The van der Waals surface area contributed by atoms with Crippen LogP contribution in [-0.2, 0) is 11.2 Å². The Hall–Kier alpha value is -0.380. The molecule has 2 rings (SSSR count). The number of methoxy groups -OCH3 is 1. The molecule has 1 aliphatic carbocycles. The zero-order chi connectivity index (χ0) is 12.3. The summed E-state index contributed by atoms with van der Waals surface area (Å²) in [5, 5.41) is 3.40. The van der Waals surface area contributed by atoms with Crippen molar-refractivity contribution in [3.63, 3.8) is 0 Å². The van der Waals surface area contributed by atoms with Gasteiger partial charge in [0.15, 0.2) is 0 Å². The van der Waals surface area contributed by atoms with Crippen molar-refractivity contribution in [2.24, 2.45) is 5.92 Å². The fraction of sp³-hybridized carbons (Fsp3) is 0.571. The molecule has 0 saturated heterocycles. The van der Waals surface area contributed by atoms with Crippen molar-refractivity contribution in [2.75, 3.05) is 14.2 Å². The first-order chi connectivity index (χ1) is 8.24. The van der Waals surface area contributed by atoms with Gasteiger partial charge in [-0.1, -0.05) is 28.1 Å². The molecule has 2 nitrogen and oxygen atoms in total. The fourth-order valence-corrected chi connectivity index (χ4v) is 2.63. The summed E-state index contributed by atoms with van der Waals surface area (Å²) >= 11 is 3.46. The van der Waals surface area contributed by atoms with Gasteiger partial charge in [0.2, 0.25) is 0 Å². The van der Waals surface area contributed by atoms with Crippen LogP contribution in [0.4, 0.5) is 0 Å². The molecule has 0 aromatic heterocycles. The molecule has 3 heteroatoms. The van der Waals surface area contributed by atoms with Gasteiger partial charge in [-0.3, -0.25) is 0 Å². The van der Waals surface area contributed by atoms with E-state index in [4.69, 9.17) is 4.74 Å². The monoisotopic (exact) mass is 297 g/mol. The van der Waals surface area contributed by atoms with Gasteiger partial charge in [0, 0.05) is 17.6 Å². The molecule has 0 amide bonds. The summed E-state index contributed by atoms with van der Waals surface area (Å²) < 4.78 is 6.78. The Kier molecular flexibility index (Phi) is 4.60. The second-order valence-electron chi connectivity index (χ2n) is 4.76. The van der Waals surface area contributed by atoms with Gasteiger partial charge < -0.3 is 10.1 Å². The average Bonchev–Trinajstić information content (AvgIpc) is 3.16. The van der Waals surface area contributed by atoms with E-state index in [9.17, 15) is 0 Å². The highest BCUT2D eigenvalue weighted by atomic mass is 79.9. The summed E-state index contributed by atoms with van der Waals surface area (Å²) in [6.45, 7) is 0. The zero-order valence-electron chi connectivity index (χ0n) is 10.4. The first kappa shape index (κ1) is 13.1. The minimum absolute atomic E-state index is 0.351. The molecule has 0 radical (unpaired) electrons. The molecule has 1 aromatic carbocycles. The Balaban J connectivity index is 2.00. The number of ether oxygens (including phenoxy) is 1.